The maximum atomic E-state index is 13.2. The summed E-state index contributed by atoms with van der Waals surface area (Å²) >= 11 is 0. The SMILES string of the molecule is COc1ccc(-c2cc(C(=O)NC(c3ccccc3)c3ccccc3)n(C)n2)cc1. The smallest absolute Gasteiger partial charge is 0.270 e. The van der Waals surface area contributed by atoms with Crippen LogP contribution in [-0.4, -0.2) is 22.8 Å². The fraction of sp³-hybridized carbons (Fsp3) is 0.120. The molecule has 0 saturated heterocycles. The quantitative estimate of drug-likeness (QED) is 0.517. The van der Waals surface area contributed by atoms with Crippen molar-refractivity contribution in [2.45, 2.75) is 6.04 Å². The van der Waals surface area contributed by atoms with Crippen molar-refractivity contribution in [1.82, 2.24) is 15.1 Å². The molecule has 150 valence electrons. The summed E-state index contributed by atoms with van der Waals surface area (Å²) in [7, 11) is 3.41. The number of ether oxygens (including phenoxy) is 1. The molecule has 0 aliphatic rings. The van der Waals surface area contributed by atoms with Crippen LogP contribution in [0.15, 0.2) is 91.0 Å². The van der Waals surface area contributed by atoms with Crippen molar-refractivity contribution in [2.75, 3.05) is 7.11 Å². The van der Waals surface area contributed by atoms with Crippen LogP contribution in [0.3, 0.4) is 0 Å². The van der Waals surface area contributed by atoms with Crippen LogP contribution in [0.25, 0.3) is 11.3 Å². The maximum absolute atomic E-state index is 13.2. The van der Waals surface area contributed by atoms with E-state index in [9.17, 15) is 4.79 Å². The topological polar surface area (TPSA) is 56.1 Å². The summed E-state index contributed by atoms with van der Waals surface area (Å²) in [5, 5.41) is 7.70. The zero-order chi connectivity index (χ0) is 20.9. The number of amides is 1. The maximum Gasteiger partial charge on any atom is 0.270 e. The van der Waals surface area contributed by atoms with E-state index >= 15 is 0 Å². The van der Waals surface area contributed by atoms with E-state index in [1.165, 1.54) is 0 Å². The van der Waals surface area contributed by atoms with Crippen molar-refractivity contribution in [2.24, 2.45) is 7.05 Å². The minimum absolute atomic E-state index is 0.178. The molecule has 1 N–H and O–H groups in total. The first-order valence-electron chi connectivity index (χ1n) is 9.75. The van der Waals surface area contributed by atoms with Crippen molar-refractivity contribution in [3.63, 3.8) is 0 Å². The molecule has 0 radical (unpaired) electrons. The van der Waals surface area contributed by atoms with Crippen molar-refractivity contribution in [1.29, 1.82) is 0 Å². The fourth-order valence-electron chi connectivity index (χ4n) is 3.44. The number of hydrogen-bond acceptors (Lipinski definition) is 3. The molecular weight excluding hydrogens is 374 g/mol. The average molecular weight is 397 g/mol. The number of benzene rings is 3. The molecular formula is C25H23N3O2. The van der Waals surface area contributed by atoms with Gasteiger partial charge in [-0.05, 0) is 41.5 Å². The Hall–Kier alpha value is -3.86. The molecule has 0 bridgehead atoms. The van der Waals surface area contributed by atoms with E-state index in [1.807, 2.05) is 91.0 Å². The first kappa shape index (κ1) is 19.5. The Bertz CT molecular complexity index is 1080. The van der Waals surface area contributed by atoms with Crippen LogP contribution < -0.4 is 10.1 Å². The molecule has 1 heterocycles. The Morgan fingerprint density at radius 1 is 0.900 bits per heavy atom. The summed E-state index contributed by atoms with van der Waals surface area (Å²) in [5.41, 5.74) is 4.20. The van der Waals surface area contributed by atoms with Crippen LogP contribution in [0, 0.1) is 0 Å². The van der Waals surface area contributed by atoms with Crippen LogP contribution in [0.5, 0.6) is 5.75 Å². The van der Waals surface area contributed by atoms with Crippen LogP contribution in [0.2, 0.25) is 0 Å². The number of carbonyl (C=O) groups excluding carboxylic acids is 1. The number of aryl methyl sites for hydroxylation is 1. The van der Waals surface area contributed by atoms with E-state index in [0.29, 0.717) is 5.69 Å². The monoisotopic (exact) mass is 397 g/mol. The van der Waals surface area contributed by atoms with Crippen molar-refractivity contribution < 1.29 is 9.53 Å². The Kier molecular flexibility index (Phi) is 5.61. The molecule has 5 heteroatoms. The van der Waals surface area contributed by atoms with Gasteiger partial charge in [0.2, 0.25) is 0 Å². The first-order chi connectivity index (χ1) is 14.7. The van der Waals surface area contributed by atoms with Gasteiger partial charge >= 0.3 is 0 Å². The number of nitrogens with zero attached hydrogens (tertiary/aromatic N) is 2. The predicted octanol–water partition coefficient (Wildman–Crippen LogP) is 4.62. The minimum Gasteiger partial charge on any atom is -0.497 e. The summed E-state index contributed by atoms with van der Waals surface area (Å²) in [6.07, 6.45) is 0. The van der Waals surface area contributed by atoms with Gasteiger partial charge in [0.25, 0.3) is 5.91 Å². The van der Waals surface area contributed by atoms with E-state index < -0.39 is 0 Å². The van der Waals surface area contributed by atoms with Crippen molar-refractivity contribution in [3.05, 3.63) is 108 Å². The molecule has 30 heavy (non-hydrogen) atoms. The first-order valence-corrected chi connectivity index (χ1v) is 9.75. The van der Waals surface area contributed by atoms with Crippen LogP contribution in [0.4, 0.5) is 0 Å². The normalized spacial score (nSPS) is 10.8. The van der Waals surface area contributed by atoms with Crippen LogP contribution >= 0.6 is 0 Å². The zero-order valence-corrected chi connectivity index (χ0v) is 16.9. The Morgan fingerprint density at radius 2 is 1.47 bits per heavy atom. The number of hydrogen-bond donors (Lipinski definition) is 1. The summed E-state index contributed by atoms with van der Waals surface area (Å²) in [4.78, 5) is 13.2. The number of aromatic nitrogens is 2. The van der Waals surface area contributed by atoms with Gasteiger partial charge < -0.3 is 10.1 Å². The van der Waals surface area contributed by atoms with E-state index in [1.54, 1.807) is 18.8 Å². The standard InChI is InChI=1S/C25H23N3O2/c1-28-23(17-22(27-28)18-13-15-21(30-2)16-14-18)25(29)26-24(19-9-5-3-6-10-19)20-11-7-4-8-12-20/h3-17,24H,1-2H3,(H,26,29). The molecule has 1 aromatic heterocycles. The van der Waals surface area contributed by atoms with E-state index in [4.69, 9.17) is 4.74 Å². The molecule has 0 saturated carbocycles. The van der Waals surface area contributed by atoms with Gasteiger partial charge in [-0.2, -0.15) is 5.10 Å². The van der Waals surface area contributed by atoms with Crippen LogP contribution in [-0.2, 0) is 7.05 Å². The molecule has 0 spiro atoms. The molecule has 0 fully saturated rings. The largest absolute Gasteiger partial charge is 0.497 e. The number of carbonyl (C=O) groups is 1. The highest BCUT2D eigenvalue weighted by atomic mass is 16.5. The lowest BCUT2D eigenvalue weighted by molar-refractivity contribution is 0.0933. The summed E-state index contributed by atoms with van der Waals surface area (Å²) < 4.78 is 6.82. The van der Waals surface area contributed by atoms with Gasteiger partial charge in [-0.3, -0.25) is 9.48 Å². The van der Waals surface area contributed by atoms with Gasteiger partial charge in [0.05, 0.1) is 18.8 Å². The number of nitrogens with one attached hydrogen (secondary N) is 1. The second kappa shape index (κ2) is 8.66. The summed E-state index contributed by atoms with van der Waals surface area (Å²) in [6, 6.07) is 29.1. The van der Waals surface area contributed by atoms with E-state index in [-0.39, 0.29) is 11.9 Å². The van der Waals surface area contributed by atoms with E-state index in [0.717, 1.165) is 28.1 Å². The highest BCUT2D eigenvalue weighted by molar-refractivity contribution is 5.94. The molecule has 1 amide bonds. The lowest BCUT2D eigenvalue weighted by Gasteiger charge is -2.20. The third kappa shape index (κ3) is 4.10. The van der Waals surface area contributed by atoms with Crippen molar-refractivity contribution >= 4 is 5.91 Å². The highest BCUT2D eigenvalue weighted by Crippen LogP contribution is 2.24. The van der Waals surface area contributed by atoms with Gasteiger partial charge in [0.1, 0.15) is 11.4 Å². The molecule has 0 atom stereocenters. The molecule has 0 unspecified atom stereocenters. The molecule has 5 nitrogen and oxygen atoms in total. The molecule has 0 aliphatic heterocycles. The third-order valence-corrected chi connectivity index (χ3v) is 5.04. The van der Waals surface area contributed by atoms with Gasteiger partial charge in [-0.25, -0.2) is 0 Å². The lowest BCUT2D eigenvalue weighted by atomic mass is 9.98. The molecule has 0 aliphatic carbocycles. The Morgan fingerprint density at radius 3 is 2.00 bits per heavy atom. The lowest BCUT2D eigenvalue weighted by Crippen LogP contribution is -2.30. The van der Waals surface area contributed by atoms with Gasteiger partial charge in [-0.1, -0.05) is 60.7 Å². The molecule has 4 rings (SSSR count). The summed E-state index contributed by atoms with van der Waals surface area (Å²) in [5.74, 6) is 0.601. The van der Waals surface area contributed by atoms with Gasteiger partial charge in [-0.15, -0.1) is 0 Å². The minimum atomic E-state index is -0.251. The van der Waals surface area contributed by atoms with E-state index in [2.05, 4.69) is 10.4 Å². The summed E-state index contributed by atoms with van der Waals surface area (Å²) in [6.45, 7) is 0. The van der Waals surface area contributed by atoms with Gasteiger partial charge in [0.15, 0.2) is 0 Å². The zero-order valence-electron chi connectivity index (χ0n) is 16.9. The predicted molar refractivity (Wildman–Crippen MR) is 117 cm³/mol. The Balaban J connectivity index is 1.62. The van der Waals surface area contributed by atoms with Crippen molar-refractivity contribution in [3.8, 4) is 17.0 Å². The fourth-order valence-corrected chi connectivity index (χ4v) is 3.44. The molecule has 4 aromatic rings. The average Bonchev–Trinajstić information content (AvgIpc) is 3.20. The number of rotatable bonds is 6. The second-order valence-electron chi connectivity index (χ2n) is 6.99. The third-order valence-electron chi connectivity index (χ3n) is 5.04. The number of methoxy groups -OCH3 is 1. The highest BCUT2D eigenvalue weighted by Gasteiger charge is 2.20. The Labute approximate surface area is 175 Å². The second-order valence-corrected chi connectivity index (χ2v) is 6.99. The van der Waals surface area contributed by atoms with Crippen LogP contribution in [0.1, 0.15) is 27.7 Å². The van der Waals surface area contributed by atoms with Gasteiger partial charge in [0, 0.05) is 12.6 Å². The molecule has 3 aromatic carbocycles.